The summed E-state index contributed by atoms with van der Waals surface area (Å²) in [7, 11) is 6.17. The zero-order valence-electron chi connectivity index (χ0n) is 15.8. The average molecular weight is 335 g/mol. The van der Waals surface area contributed by atoms with Gasteiger partial charge in [-0.1, -0.05) is 81.7 Å². The third-order valence-electron chi connectivity index (χ3n) is 6.36. The number of para-hydroxylation sites is 2. The summed E-state index contributed by atoms with van der Waals surface area (Å²) in [5, 5.41) is 0. The lowest BCUT2D eigenvalue weighted by atomic mass is 9.66. The molecule has 0 saturated carbocycles. The highest BCUT2D eigenvalue weighted by Crippen LogP contribution is 2.59. The molecule has 2 heterocycles. The summed E-state index contributed by atoms with van der Waals surface area (Å²) in [6, 6.07) is 21.9. The van der Waals surface area contributed by atoms with Crippen molar-refractivity contribution in [1.29, 1.82) is 0 Å². The molecule has 0 atom stereocenters. The Morgan fingerprint density at radius 2 is 1.23 bits per heavy atom. The fourth-order valence-corrected chi connectivity index (χ4v) is 4.90. The van der Waals surface area contributed by atoms with Crippen LogP contribution in [0.3, 0.4) is 0 Å². The zero-order chi connectivity index (χ0) is 18.3. The van der Waals surface area contributed by atoms with Crippen LogP contribution >= 0.6 is 0 Å². The van der Waals surface area contributed by atoms with Gasteiger partial charge in [0.05, 0.1) is 17.1 Å². The first kappa shape index (κ1) is 15.8. The van der Waals surface area contributed by atoms with Crippen LogP contribution in [0, 0.1) is 0 Å². The molecule has 0 unspecified atom stereocenters. The van der Waals surface area contributed by atoms with Crippen LogP contribution in [-0.2, 0) is 10.8 Å². The van der Waals surface area contributed by atoms with Gasteiger partial charge in [-0.05, 0) is 34.4 Å². The van der Waals surface area contributed by atoms with E-state index in [1.165, 1.54) is 39.3 Å². The number of hydrogen-bond acceptors (Lipinski definition) is 1. The number of fused-ring (bicyclic) bond motifs is 4. The molecule has 2 aliphatic heterocycles. The molecule has 3 aromatic rings. The van der Waals surface area contributed by atoms with E-state index in [1.807, 2.05) is 6.07 Å². The standard InChI is InChI=1S/C24H22BN/c1-23(2)16-8-5-6-11-20(16)26-21-13-12-15(25)14-19(21)24(3,4)18-10-7-9-17(23)22(18)26/h5-14H,1-4H3. The summed E-state index contributed by atoms with van der Waals surface area (Å²) in [6.45, 7) is 9.30. The molecule has 0 bridgehead atoms. The first-order valence-corrected chi connectivity index (χ1v) is 9.27. The number of rotatable bonds is 0. The molecule has 2 aliphatic rings. The van der Waals surface area contributed by atoms with E-state index in [0.717, 1.165) is 5.46 Å². The molecular formula is C24H22BN. The highest BCUT2D eigenvalue weighted by atomic mass is 15.2. The zero-order valence-corrected chi connectivity index (χ0v) is 15.8. The molecule has 1 nitrogen and oxygen atoms in total. The minimum atomic E-state index is -0.0884. The molecule has 2 heteroatoms. The van der Waals surface area contributed by atoms with Crippen LogP contribution in [-0.4, -0.2) is 7.85 Å². The fraction of sp³-hybridized carbons (Fsp3) is 0.250. The van der Waals surface area contributed by atoms with Crippen molar-refractivity contribution < 1.29 is 0 Å². The lowest BCUT2D eigenvalue weighted by molar-refractivity contribution is 0.597. The van der Waals surface area contributed by atoms with E-state index in [4.69, 9.17) is 7.85 Å². The largest absolute Gasteiger partial charge is 0.309 e. The summed E-state index contributed by atoms with van der Waals surface area (Å²) in [5.41, 5.74) is 9.99. The van der Waals surface area contributed by atoms with E-state index in [1.54, 1.807) is 0 Å². The van der Waals surface area contributed by atoms with Crippen molar-refractivity contribution in [2.75, 3.05) is 4.90 Å². The Balaban J connectivity index is 1.96. The first-order chi connectivity index (χ1) is 12.3. The van der Waals surface area contributed by atoms with Gasteiger partial charge >= 0.3 is 0 Å². The highest BCUT2D eigenvalue weighted by molar-refractivity contribution is 6.32. The Hall–Kier alpha value is -2.48. The molecule has 0 aliphatic carbocycles. The van der Waals surface area contributed by atoms with Crippen molar-refractivity contribution in [3.8, 4) is 0 Å². The second kappa shape index (κ2) is 4.82. The average Bonchev–Trinajstić information content (AvgIpc) is 2.62. The van der Waals surface area contributed by atoms with E-state index >= 15 is 0 Å². The Labute approximate surface area is 157 Å². The molecule has 0 amide bonds. The van der Waals surface area contributed by atoms with Crippen LogP contribution < -0.4 is 10.4 Å². The van der Waals surface area contributed by atoms with Crippen LogP contribution in [0.4, 0.5) is 17.1 Å². The fourth-order valence-electron chi connectivity index (χ4n) is 4.90. The number of benzene rings is 3. The van der Waals surface area contributed by atoms with Crippen molar-refractivity contribution in [3.63, 3.8) is 0 Å². The van der Waals surface area contributed by atoms with Gasteiger partial charge in [0, 0.05) is 10.8 Å². The van der Waals surface area contributed by atoms with Gasteiger partial charge in [-0.25, -0.2) is 0 Å². The van der Waals surface area contributed by atoms with Crippen molar-refractivity contribution in [3.05, 3.63) is 82.9 Å². The summed E-state index contributed by atoms with van der Waals surface area (Å²) in [5.74, 6) is 0. The van der Waals surface area contributed by atoms with Crippen molar-refractivity contribution in [2.45, 2.75) is 38.5 Å². The summed E-state index contributed by atoms with van der Waals surface area (Å²) in [6.07, 6.45) is 0. The molecule has 0 spiro atoms. The normalized spacial score (nSPS) is 17.9. The molecule has 5 rings (SSSR count). The highest BCUT2D eigenvalue weighted by Gasteiger charge is 2.44. The Morgan fingerprint density at radius 1 is 0.654 bits per heavy atom. The van der Waals surface area contributed by atoms with E-state index in [2.05, 4.69) is 87.2 Å². The van der Waals surface area contributed by atoms with Gasteiger partial charge in [0.25, 0.3) is 0 Å². The minimum absolute atomic E-state index is 0.0279. The Bertz CT molecular complexity index is 1060. The molecule has 0 aromatic heterocycles. The van der Waals surface area contributed by atoms with Crippen molar-refractivity contribution >= 4 is 30.4 Å². The van der Waals surface area contributed by atoms with Gasteiger partial charge in [-0.15, -0.1) is 0 Å². The van der Waals surface area contributed by atoms with Crippen LogP contribution in [0.15, 0.2) is 60.7 Å². The summed E-state index contributed by atoms with van der Waals surface area (Å²) in [4.78, 5) is 2.45. The van der Waals surface area contributed by atoms with Gasteiger partial charge < -0.3 is 4.90 Å². The molecule has 26 heavy (non-hydrogen) atoms. The monoisotopic (exact) mass is 335 g/mol. The molecule has 0 N–H and O–H groups in total. The third kappa shape index (κ3) is 1.77. The maximum atomic E-state index is 6.17. The second-order valence-electron chi connectivity index (χ2n) is 8.58. The van der Waals surface area contributed by atoms with Gasteiger partial charge in [-0.2, -0.15) is 0 Å². The van der Waals surface area contributed by atoms with Gasteiger partial charge in [-0.3, -0.25) is 0 Å². The molecule has 3 aromatic carbocycles. The van der Waals surface area contributed by atoms with E-state index in [-0.39, 0.29) is 10.8 Å². The SMILES string of the molecule is [B]c1ccc2c(c1)C(C)(C)c1cccc3c1N2c1ccccc1C3(C)C. The number of hydrogen-bond donors (Lipinski definition) is 0. The van der Waals surface area contributed by atoms with E-state index in [9.17, 15) is 0 Å². The lowest BCUT2D eigenvalue weighted by Crippen LogP contribution is -2.38. The van der Waals surface area contributed by atoms with Crippen molar-refractivity contribution in [2.24, 2.45) is 0 Å². The second-order valence-corrected chi connectivity index (χ2v) is 8.58. The Morgan fingerprint density at radius 3 is 1.96 bits per heavy atom. The molecule has 2 radical (unpaired) electrons. The predicted molar refractivity (Wildman–Crippen MR) is 111 cm³/mol. The van der Waals surface area contributed by atoms with Gasteiger partial charge in [0.2, 0.25) is 0 Å². The van der Waals surface area contributed by atoms with Gasteiger partial charge in [0.15, 0.2) is 0 Å². The maximum Gasteiger partial charge on any atom is 0.113 e. The maximum absolute atomic E-state index is 6.17. The molecule has 0 fully saturated rings. The summed E-state index contributed by atoms with van der Waals surface area (Å²) < 4.78 is 0. The minimum Gasteiger partial charge on any atom is -0.309 e. The van der Waals surface area contributed by atoms with Crippen LogP contribution in [0.25, 0.3) is 0 Å². The number of nitrogens with zero attached hydrogens (tertiary/aromatic N) is 1. The Kier molecular flexibility index (Phi) is 2.92. The molecule has 0 saturated heterocycles. The van der Waals surface area contributed by atoms with Crippen LogP contribution in [0.1, 0.15) is 49.9 Å². The van der Waals surface area contributed by atoms with E-state index in [0.29, 0.717) is 0 Å². The summed E-state index contributed by atoms with van der Waals surface area (Å²) >= 11 is 0. The predicted octanol–water partition coefficient (Wildman–Crippen LogP) is 5.23. The molecular weight excluding hydrogens is 313 g/mol. The first-order valence-electron chi connectivity index (χ1n) is 9.27. The third-order valence-corrected chi connectivity index (χ3v) is 6.36. The van der Waals surface area contributed by atoms with Crippen LogP contribution in [0.5, 0.6) is 0 Å². The quantitative estimate of drug-likeness (QED) is 0.509. The van der Waals surface area contributed by atoms with Crippen LogP contribution in [0.2, 0.25) is 0 Å². The van der Waals surface area contributed by atoms with E-state index < -0.39 is 0 Å². The lowest BCUT2D eigenvalue weighted by Gasteiger charge is -2.49. The topological polar surface area (TPSA) is 3.24 Å². The smallest absolute Gasteiger partial charge is 0.113 e. The van der Waals surface area contributed by atoms with Crippen molar-refractivity contribution in [1.82, 2.24) is 0 Å². The van der Waals surface area contributed by atoms with Gasteiger partial charge in [0.1, 0.15) is 7.85 Å². The number of anilines is 3. The molecule has 126 valence electrons.